The van der Waals surface area contributed by atoms with E-state index in [-0.39, 0.29) is 16.2 Å². The van der Waals surface area contributed by atoms with Crippen molar-refractivity contribution in [2.75, 3.05) is 0 Å². The van der Waals surface area contributed by atoms with E-state index >= 15 is 0 Å². The molecule has 5 aliphatic carbocycles. The third-order valence-corrected chi connectivity index (χ3v) is 11.1. The summed E-state index contributed by atoms with van der Waals surface area (Å²) in [6.45, 7) is 11.4. The Labute approximate surface area is 176 Å². The lowest BCUT2D eigenvalue weighted by atomic mass is 9.43. The number of allylic oxidation sites excluding steroid dienone is 3. The first-order chi connectivity index (χ1) is 13.6. The van der Waals surface area contributed by atoms with Gasteiger partial charge in [0.25, 0.3) is 0 Å². The summed E-state index contributed by atoms with van der Waals surface area (Å²) < 4.78 is 0. The molecule has 7 atom stereocenters. The molecule has 5 rings (SSSR count). The highest BCUT2D eigenvalue weighted by atomic mass is 16.1. The monoisotopic (exact) mass is 394 g/mol. The Bertz CT molecular complexity index is 847. The van der Waals surface area contributed by atoms with E-state index in [1.165, 1.54) is 42.4 Å². The maximum absolute atomic E-state index is 13.3. The summed E-state index contributed by atoms with van der Waals surface area (Å²) in [6, 6.07) is 0. The zero-order valence-corrected chi connectivity index (χ0v) is 19.1. The number of hydrogen-bond acceptors (Lipinski definition) is 2. The summed E-state index contributed by atoms with van der Waals surface area (Å²) >= 11 is 0. The second-order valence-electron chi connectivity index (χ2n) is 11.8. The molecule has 0 N–H and O–H groups in total. The third kappa shape index (κ3) is 2.35. The van der Waals surface area contributed by atoms with Crippen LogP contribution in [0.5, 0.6) is 0 Å². The molecule has 5 aliphatic rings. The number of hydrogen-bond donors (Lipinski definition) is 0. The number of fused-ring (bicyclic) bond motifs is 7. The van der Waals surface area contributed by atoms with Crippen LogP contribution in [0.4, 0.5) is 0 Å². The Hall–Kier alpha value is -1.18. The summed E-state index contributed by atoms with van der Waals surface area (Å²) in [4.78, 5) is 25.4. The minimum Gasteiger partial charge on any atom is -0.299 e. The molecule has 0 aromatic carbocycles. The van der Waals surface area contributed by atoms with Gasteiger partial charge in [0.05, 0.1) is 0 Å². The molecule has 0 aromatic heterocycles. The fraction of sp³-hybridized carbons (Fsp3) is 0.778. The Morgan fingerprint density at radius 2 is 1.79 bits per heavy atom. The van der Waals surface area contributed by atoms with Crippen molar-refractivity contribution in [3.05, 3.63) is 22.8 Å². The van der Waals surface area contributed by atoms with Crippen LogP contribution in [0.15, 0.2) is 22.8 Å². The van der Waals surface area contributed by atoms with Crippen molar-refractivity contribution in [1.29, 1.82) is 0 Å². The van der Waals surface area contributed by atoms with Crippen molar-refractivity contribution in [2.45, 2.75) is 92.4 Å². The maximum atomic E-state index is 13.3. The van der Waals surface area contributed by atoms with E-state index in [4.69, 9.17) is 0 Å². The molecule has 0 bridgehead atoms. The van der Waals surface area contributed by atoms with E-state index in [0.717, 1.165) is 38.0 Å². The molecule has 3 fully saturated rings. The predicted octanol–water partition coefficient (Wildman–Crippen LogP) is 6.45. The van der Waals surface area contributed by atoms with Crippen LogP contribution < -0.4 is 0 Å². The van der Waals surface area contributed by atoms with Gasteiger partial charge in [-0.2, -0.15) is 0 Å². The van der Waals surface area contributed by atoms with Crippen molar-refractivity contribution < 1.29 is 9.59 Å². The number of rotatable bonds is 1. The molecule has 0 aliphatic heterocycles. The van der Waals surface area contributed by atoms with E-state index < -0.39 is 0 Å². The zero-order valence-electron chi connectivity index (χ0n) is 19.1. The molecule has 3 saturated carbocycles. The van der Waals surface area contributed by atoms with Gasteiger partial charge in [0.2, 0.25) is 0 Å². The molecule has 0 amide bonds. The highest BCUT2D eigenvalue weighted by Crippen LogP contribution is 2.74. The van der Waals surface area contributed by atoms with E-state index in [2.05, 4.69) is 27.7 Å². The molecule has 0 radical (unpaired) electrons. The molecule has 2 nitrogen and oxygen atoms in total. The fourth-order valence-electron chi connectivity index (χ4n) is 9.37. The quantitative estimate of drug-likeness (QED) is 0.479. The van der Waals surface area contributed by atoms with Crippen molar-refractivity contribution in [2.24, 2.45) is 39.9 Å². The van der Waals surface area contributed by atoms with Crippen molar-refractivity contribution in [3.63, 3.8) is 0 Å². The zero-order chi connectivity index (χ0) is 20.8. The molecule has 0 unspecified atom stereocenters. The minimum atomic E-state index is -0.133. The molecule has 0 heterocycles. The van der Waals surface area contributed by atoms with Crippen LogP contribution in [0.25, 0.3) is 0 Å². The van der Waals surface area contributed by atoms with Gasteiger partial charge in [-0.1, -0.05) is 30.6 Å². The molecule has 0 spiro atoms. The normalized spacial score (nSPS) is 49.0. The Morgan fingerprint density at radius 3 is 2.52 bits per heavy atom. The standard InChI is InChI=1S/C27H38O2/c1-16-12-20-14-24-22-7-6-19-13-21(29)8-10-25(19,4)23(22)9-11-26(24,5)27(20,18(3)28)15-17(16)2/h13,20,22-24H,6-12,14-15H2,1-5H3/t20-,22-,23+,24-,25+,26-,27-/m0/s1. The number of ketones is 2. The van der Waals surface area contributed by atoms with E-state index in [9.17, 15) is 9.59 Å². The molecular weight excluding hydrogens is 356 g/mol. The van der Waals surface area contributed by atoms with E-state index in [1.54, 1.807) is 0 Å². The SMILES string of the molecule is CC(=O)[C@@]12CC(C)=C(C)C[C@H]1C[C@H]1[C@H]3CCC4=CC(=O)CC[C@@]4(C)[C@@H]3CC[C@@]12C. The first-order valence-corrected chi connectivity index (χ1v) is 12.0. The third-order valence-electron chi connectivity index (χ3n) is 11.1. The highest BCUT2D eigenvalue weighted by Gasteiger charge is 2.69. The number of carbonyl (C=O) groups is 2. The lowest BCUT2D eigenvalue weighted by molar-refractivity contribution is -0.145. The maximum Gasteiger partial charge on any atom is 0.155 e. The van der Waals surface area contributed by atoms with Gasteiger partial charge in [-0.15, -0.1) is 0 Å². The van der Waals surface area contributed by atoms with Crippen LogP contribution in [0, 0.1) is 39.9 Å². The van der Waals surface area contributed by atoms with Gasteiger partial charge in [0, 0.05) is 11.8 Å². The van der Waals surface area contributed by atoms with E-state index in [1.807, 2.05) is 13.0 Å². The minimum absolute atomic E-state index is 0.133. The average Bonchev–Trinajstić information content (AvgIpc) is 2.92. The van der Waals surface area contributed by atoms with E-state index in [0.29, 0.717) is 29.3 Å². The van der Waals surface area contributed by atoms with Gasteiger partial charge in [-0.3, -0.25) is 9.59 Å². The fourth-order valence-corrected chi connectivity index (χ4v) is 9.37. The van der Waals surface area contributed by atoms with Gasteiger partial charge in [-0.25, -0.2) is 0 Å². The Balaban J connectivity index is 1.56. The second kappa shape index (κ2) is 6.17. The van der Waals surface area contributed by atoms with Crippen LogP contribution in [0.3, 0.4) is 0 Å². The van der Waals surface area contributed by atoms with Crippen molar-refractivity contribution in [1.82, 2.24) is 0 Å². The van der Waals surface area contributed by atoms with Gasteiger partial charge in [0.1, 0.15) is 5.78 Å². The summed E-state index contributed by atoms with van der Waals surface area (Å²) in [5.74, 6) is 3.44. The molecule has 0 aromatic rings. The molecular formula is C27H38O2. The predicted molar refractivity (Wildman–Crippen MR) is 116 cm³/mol. The summed E-state index contributed by atoms with van der Waals surface area (Å²) in [5.41, 5.74) is 4.70. The molecule has 158 valence electrons. The van der Waals surface area contributed by atoms with Crippen LogP contribution in [-0.4, -0.2) is 11.6 Å². The average molecular weight is 395 g/mol. The highest BCUT2D eigenvalue weighted by molar-refractivity contribution is 5.91. The largest absolute Gasteiger partial charge is 0.299 e. The van der Waals surface area contributed by atoms with Gasteiger partial charge in [0.15, 0.2) is 5.78 Å². The topological polar surface area (TPSA) is 34.1 Å². The number of Topliss-reactive ketones (excluding diaryl/α,β-unsaturated/α-hetero) is 1. The van der Waals surface area contributed by atoms with Crippen LogP contribution >= 0.6 is 0 Å². The van der Waals surface area contributed by atoms with Crippen molar-refractivity contribution >= 4 is 11.6 Å². The lowest BCUT2D eigenvalue weighted by Crippen LogP contribution is -2.55. The van der Waals surface area contributed by atoms with Crippen LogP contribution in [-0.2, 0) is 9.59 Å². The smallest absolute Gasteiger partial charge is 0.155 e. The molecule has 2 heteroatoms. The summed E-state index contributed by atoms with van der Waals surface area (Å²) in [6.07, 6.45) is 11.9. The second-order valence-corrected chi connectivity index (χ2v) is 11.8. The Morgan fingerprint density at radius 1 is 1.03 bits per heavy atom. The van der Waals surface area contributed by atoms with Gasteiger partial charge < -0.3 is 0 Å². The molecule has 0 saturated heterocycles. The first kappa shape index (κ1) is 19.8. The molecule has 29 heavy (non-hydrogen) atoms. The Kier molecular flexibility index (Phi) is 4.21. The van der Waals surface area contributed by atoms with Crippen LogP contribution in [0.1, 0.15) is 92.4 Å². The van der Waals surface area contributed by atoms with Crippen LogP contribution in [0.2, 0.25) is 0 Å². The van der Waals surface area contributed by atoms with Gasteiger partial charge >= 0.3 is 0 Å². The first-order valence-electron chi connectivity index (χ1n) is 12.0. The van der Waals surface area contributed by atoms with Crippen molar-refractivity contribution in [3.8, 4) is 0 Å². The summed E-state index contributed by atoms with van der Waals surface area (Å²) in [7, 11) is 0. The lowest BCUT2D eigenvalue weighted by Gasteiger charge is -2.60. The number of carbonyl (C=O) groups excluding carboxylic acids is 2. The van der Waals surface area contributed by atoms with Gasteiger partial charge in [-0.05, 0) is 113 Å². The summed E-state index contributed by atoms with van der Waals surface area (Å²) in [5, 5.41) is 0.